The molecule has 3 rings (SSSR count). The number of rotatable bonds is 3. The van der Waals surface area contributed by atoms with Gasteiger partial charge < -0.3 is 14.6 Å². The van der Waals surface area contributed by atoms with Crippen molar-refractivity contribution in [3.63, 3.8) is 0 Å². The lowest BCUT2D eigenvalue weighted by atomic mass is 10.2. The highest BCUT2D eigenvalue weighted by Crippen LogP contribution is 2.28. The summed E-state index contributed by atoms with van der Waals surface area (Å²) in [6.45, 7) is 1.81. The monoisotopic (exact) mass is 276 g/mol. The zero-order valence-corrected chi connectivity index (χ0v) is 10.5. The Morgan fingerprint density at radius 3 is 3.00 bits per heavy atom. The predicted molar refractivity (Wildman–Crippen MR) is 68.0 cm³/mol. The molecular formula is C12H12N4O4. The molecule has 0 bridgehead atoms. The zero-order chi connectivity index (χ0) is 13.9. The van der Waals surface area contributed by atoms with E-state index in [4.69, 9.17) is 9.26 Å². The van der Waals surface area contributed by atoms with Crippen molar-refractivity contribution in [1.29, 1.82) is 0 Å². The number of aromatic nitrogens is 2. The van der Waals surface area contributed by atoms with E-state index in [9.17, 15) is 10.1 Å². The molecule has 1 fully saturated rings. The molecule has 1 aromatic heterocycles. The maximum absolute atomic E-state index is 11.0. The number of hydrogen-bond donors (Lipinski definition) is 1. The fraction of sp³-hybridized carbons (Fsp3) is 0.333. The first-order chi connectivity index (χ1) is 9.75. The Labute approximate surface area is 113 Å². The lowest BCUT2D eigenvalue weighted by Crippen LogP contribution is -2.35. The van der Waals surface area contributed by atoms with Crippen molar-refractivity contribution >= 4 is 5.69 Å². The highest BCUT2D eigenvalue weighted by atomic mass is 16.6. The molecule has 0 spiro atoms. The van der Waals surface area contributed by atoms with Gasteiger partial charge in [-0.15, -0.1) is 0 Å². The minimum Gasteiger partial charge on any atom is -0.378 e. The molecule has 1 aliphatic rings. The Morgan fingerprint density at radius 1 is 1.40 bits per heavy atom. The molecule has 1 saturated heterocycles. The van der Waals surface area contributed by atoms with Crippen molar-refractivity contribution < 1.29 is 14.2 Å². The van der Waals surface area contributed by atoms with Gasteiger partial charge in [-0.05, 0) is 6.07 Å². The number of nitro groups is 1. The first-order valence-corrected chi connectivity index (χ1v) is 6.14. The molecule has 2 heterocycles. The first kappa shape index (κ1) is 12.7. The Kier molecular flexibility index (Phi) is 3.40. The molecule has 8 nitrogen and oxygen atoms in total. The molecule has 1 N–H and O–H groups in total. The van der Waals surface area contributed by atoms with Crippen LogP contribution in [0.4, 0.5) is 5.69 Å². The third kappa shape index (κ3) is 2.38. The van der Waals surface area contributed by atoms with Crippen molar-refractivity contribution in [2.45, 2.75) is 6.04 Å². The molecule has 104 valence electrons. The van der Waals surface area contributed by atoms with Crippen molar-refractivity contribution in [3.05, 3.63) is 40.2 Å². The number of benzene rings is 1. The third-order valence-electron chi connectivity index (χ3n) is 3.01. The molecule has 1 aliphatic heterocycles. The second kappa shape index (κ2) is 5.35. The van der Waals surface area contributed by atoms with E-state index in [0.29, 0.717) is 31.1 Å². The fourth-order valence-electron chi connectivity index (χ4n) is 2.03. The van der Waals surface area contributed by atoms with E-state index in [-0.39, 0.29) is 17.6 Å². The lowest BCUT2D eigenvalue weighted by molar-refractivity contribution is -0.384. The minimum absolute atomic E-state index is 0.0597. The lowest BCUT2D eigenvalue weighted by Gasteiger charge is -2.20. The number of ether oxygens (including phenoxy) is 1. The van der Waals surface area contributed by atoms with E-state index in [0.717, 1.165) is 0 Å². The van der Waals surface area contributed by atoms with E-state index in [1.165, 1.54) is 6.07 Å². The van der Waals surface area contributed by atoms with E-state index in [2.05, 4.69) is 15.5 Å². The van der Waals surface area contributed by atoms with Crippen LogP contribution < -0.4 is 5.32 Å². The van der Waals surface area contributed by atoms with Crippen LogP contribution >= 0.6 is 0 Å². The smallest absolute Gasteiger partial charge is 0.282 e. The van der Waals surface area contributed by atoms with Crippen molar-refractivity contribution in [1.82, 2.24) is 15.5 Å². The molecule has 0 amide bonds. The molecular weight excluding hydrogens is 264 g/mol. The van der Waals surface area contributed by atoms with Crippen LogP contribution in [0.15, 0.2) is 28.8 Å². The van der Waals surface area contributed by atoms with Crippen molar-refractivity contribution in [3.8, 4) is 11.5 Å². The van der Waals surface area contributed by atoms with Gasteiger partial charge >= 0.3 is 0 Å². The van der Waals surface area contributed by atoms with E-state index in [1.807, 2.05) is 0 Å². The van der Waals surface area contributed by atoms with E-state index in [1.54, 1.807) is 18.2 Å². The average Bonchev–Trinajstić information content (AvgIpc) is 2.98. The highest BCUT2D eigenvalue weighted by molar-refractivity contribution is 5.66. The molecule has 0 aliphatic carbocycles. The summed E-state index contributed by atoms with van der Waals surface area (Å²) in [5.41, 5.74) is 0.253. The van der Waals surface area contributed by atoms with Crippen LogP contribution in [0.5, 0.6) is 0 Å². The first-order valence-electron chi connectivity index (χ1n) is 6.14. The topological polar surface area (TPSA) is 103 Å². The maximum Gasteiger partial charge on any atom is 0.282 e. The molecule has 1 unspecified atom stereocenters. The Balaban J connectivity index is 1.92. The third-order valence-corrected chi connectivity index (χ3v) is 3.01. The minimum atomic E-state index is -0.471. The number of nitrogens with zero attached hydrogens (tertiary/aromatic N) is 3. The van der Waals surface area contributed by atoms with Crippen molar-refractivity contribution in [2.24, 2.45) is 0 Å². The van der Waals surface area contributed by atoms with E-state index < -0.39 is 4.92 Å². The van der Waals surface area contributed by atoms with Gasteiger partial charge in [0.05, 0.1) is 24.2 Å². The van der Waals surface area contributed by atoms with Crippen LogP contribution in [0.2, 0.25) is 0 Å². The standard InChI is InChI=1S/C12H12N4O4/c17-16(18)10-4-2-1-3-8(10)12-14-11(15-20-12)9-7-19-6-5-13-9/h1-4,9,13H,5-7H2. The number of para-hydroxylation sites is 1. The molecule has 20 heavy (non-hydrogen) atoms. The van der Waals surface area contributed by atoms with Crippen LogP contribution in [0.1, 0.15) is 11.9 Å². The van der Waals surface area contributed by atoms with Gasteiger partial charge in [0.25, 0.3) is 11.6 Å². The number of hydrogen-bond acceptors (Lipinski definition) is 7. The molecule has 1 atom stereocenters. The highest BCUT2D eigenvalue weighted by Gasteiger charge is 2.24. The maximum atomic E-state index is 11.0. The summed E-state index contributed by atoms with van der Waals surface area (Å²) in [7, 11) is 0. The molecule has 8 heteroatoms. The van der Waals surface area contributed by atoms with Gasteiger partial charge in [-0.25, -0.2) is 0 Å². The molecule has 0 radical (unpaired) electrons. The second-order valence-corrected chi connectivity index (χ2v) is 4.31. The number of morpholine rings is 1. The van der Waals surface area contributed by atoms with Gasteiger partial charge in [-0.1, -0.05) is 17.3 Å². The van der Waals surface area contributed by atoms with Gasteiger partial charge in [-0.2, -0.15) is 4.98 Å². The van der Waals surface area contributed by atoms with Crippen LogP contribution in [0.3, 0.4) is 0 Å². The van der Waals surface area contributed by atoms with Crippen molar-refractivity contribution in [2.75, 3.05) is 19.8 Å². The summed E-state index contributed by atoms with van der Waals surface area (Å²) in [6.07, 6.45) is 0. The Hall–Kier alpha value is -2.32. The Bertz CT molecular complexity index is 621. The average molecular weight is 276 g/mol. The predicted octanol–water partition coefficient (Wildman–Crippen LogP) is 1.31. The quantitative estimate of drug-likeness (QED) is 0.665. The van der Waals surface area contributed by atoms with Crippen LogP contribution in [-0.2, 0) is 4.74 Å². The summed E-state index contributed by atoms with van der Waals surface area (Å²) in [4.78, 5) is 14.7. The van der Waals surface area contributed by atoms with Gasteiger partial charge in [0, 0.05) is 12.6 Å². The van der Waals surface area contributed by atoms with E-state index >= 15 is 0 Å². The summed E-state index contributed by atoms with van der Waals surface area (Å²) in [5, 5.41) is 18.0. The molecule has 0 saturated carbocycles. The van der Waals surface area contributed by atoms with Gasteiger partial charge in [0.2, 0.25) is 0 Å². The van der Waals surface area contributed by atoms with Crippen LogP contribution in [0.25, 0.3) is 11.5 Å². The normalized spacial score (nSPS) is 18.9. The SMILES string of the molecule is O=[N+]([O-])c1ccccc1-c1nc(C2COCCN2)no1. The van der Waals surface area contributed by atoms with Crippen LogP contribution in [-0.4, -0.2) is 34.8 Å². The molecule has 2 aromatic rings. The number of nitrogens with one attached hydrogen (secondary N) is 1. The van der Waals surface area contributed by atoms with Gasteiger partial charge in [-0.3, -0.25) is 10.1 Å². The Morgan fingerprint density at radius 2 is 2.25 bits per heavy atom. The zero-order valence-electron chi connectivity index (χ0n) is 10.5. The molecule has 1 aromatic carbocycles. The summed E-state index contributed by atoms with van der Waals surface area (Å²) < 4.78 is 10.5. The largest absolute Gasteiger partial charge is 0.378 e. The number of nitro benzene ring substituents is 1. The summed E-state index contributed by atoms with van der Waals surface area (Å²) in [5.74, 6) is 0.581. The van der Waals surface area contributed by atoms with Gasteiger partial charge in [0.1, 0.15) is 5.56 Å². The fourth-order valence-corrected chi connectivity index (χ4v) is 2.03. The van der Waals surface area contributed by atoms with Gasteiger partial charge in [0.15, 0.2) is 5.82 Å². The summed E-state index contributed by atoms with van der Waals surface area (Å²) in [6, 6.07) is 6.12. The second-order valence-electron chi connectivity index (χ2n) is 4.31. The summed E-state index contributed by atoms with van der Waals surface area (Å²) >= 11 is 0. The van der Waals surface area contributed by atoms with Crippen LogP contribution in [0, 0.1) is 10.1 Å².